The van der Waals surface area contributed by atoms with Crippen LogP contribution < -0.4 is 5.32 Å². The Morgan fingerprint density at radius 3 is 2.50 bits per heavy atom. The van der Waals surface area contributed by atoms with Gasteiger partial charge in [0.25, 0.3) is 0 Å². The van der Waals surface area contributed by atoms with Crippen LogP contribution in [0, 0.1) is 0 Å². The van der Waals surface area contributed by atoms with E-state index in [1.54, 1.807) is 0 Å². The number of unbranched alkanes of at least 4 members (excludes halogenated alkanes) is 2. The maximum absolute atomic E-state index is 12.0. The number of amides is 1. The lowest BCUT2D eigenvalue weighted by molar-refractivity contribution is -0.177. The van der Waals surface area contributed by atoms with Gasteiger partial charge in [0.05, 0.1) is 12.2 Å². The summed E-state index contributed by atoms with van der Waals surface area (Å²) in [6, 6.07) is 0. The standard InChI is InChI=1S/C19H31NO6S2/c1-2-3-9-20-19(22)26-18-12-15-14(24-18)11-17(23-15)25-16(21)7-5-4-6-13-8-10-27-28-13/h13-15,17-18H,2-12H2,1H3,(H,20,22)/t13?,14-,15-,17+,18-/m1/s1. The highest BCUT2D eigenvalue weighted by Crippen LogP contribution is 2.40. The van der Waals surface area contributed by atoms with Gasteiger partial charge in [-0.15, -0.1) is 0 Å². The first kappa shape index (κ1) is 22.1. The second kappa shape index (κ2) is 11.5. The second-order valence-corrected chi connectivity index (χ2v) is 10.2. The van der Waals surface area contributed by atoms with Crippen molar-refractivity contribution in [3.63, 3.8) is 0 Å². The molecule has 3 rings (SSSR count). The number of alkyl carbamates (subject to hydrolysis) is 1. The zero-order chi connectivity index (χ0) is 19.8. The molecule has 5 atom stereocenters. The Kier molecular flexibility index (Phi) is 9.07. The third kappa shape index (κ3) is 7.00. The van der Waals surface area contributed by atoms with Crippen LogP contribution >= 0.6 is 21.6 Å². The first-order valence-electron chi connectivity index (χ1n) is 10.4. The predicted molar refractivity (Wildman–Crippen MR) is 109 cm³/mol. The summed E-state index contributed by atoms with van der Waals surface area (Å²) in [6.45, 7) is 2.66. The van der Waals surface area contributed by atoms with Crippen LogP contribution in [0.3, 0.4) is 0 Å². The molecule has 160 valence electrons. The van der Waals surface area contributed by atoms with Crippen LogP contribution in [0.2, 0.25) is 0 Å². The number of esters is 1. The van der Waals surface area contributed by atoms with Gasteiger partial charge in [-0.2, -0.15) is 0 Å². The summed E-state index contributed by atoms with van der Waals surface area (Å²) < 4.78 is 22.2. The van der Waals surface area contributed by atoms with Crippen molar-refractivity contribution in [2.45, 2.75) is 94.7 Å². The van der Waals surface area contributed by atoms with Gasteiger partial charge in [-0.25, -0.2) is 4.79 Å². The molecule has 1 N–H and O–H groups in total. The molecular weight excluding hydrogens is 402 g/mol. The second-order valence-electron chi connectivity index (χ2n) is 7.43. The fourth-order valence-electron chi connectivity index (χ4n) is 3.56. The lowest BCUT2D eigenvalue weighted by Gasteiger charge is -2.17. The van der Waals surface area contributed by atoms with E-state index in [0.29, 0.717) is 25.8 Å². The third-order valence-electron chi connectivity index (χ3n) is 5.10. The van der Waals surface area contributed by atoms with Crippen molar-refractivity contribution in [1.82, 2.24) is 5.32 Å². The summed E-state index contributed by atoms with van der Waals surface area (Å²) in [4.78, 5) is 23.7. The van der Waals surface area contributed by atoms with Crippen molar-refractivity contribution in [1.29, 1.82) is 0 Å². The first-order chi connectivity index (χ1) is 13.6. The summed E-state index contributed by atoms with van der Waals surface area (Å²) >= 11 is 0. The number of carbonyl (C=O) groups excluding carboxylic acids is 2. The monoisotopic (exact) mass is 433 g/mol. The predicted octanol–water partition coefficient (Wildman–Crippen LogP) is 4.00. The maximum Gasteiger partial charge on any atom is 0.409 e. The van der Waals surface area contributed by atoms with Gasteiger partial charge in [-0.05, 0) is 25.7 Å². The topological polar surface area (TPSA) is 83.1 Å². The molecule has 3 aliphatic heterocycles. The van der Waals surface area contributed by atoms with E-state index < -0.39 is 18.7 Å². The van der Waals surface area contributed by atoms with Crippen molar-refractivity contribution in [2.75, 3.05) is 12.3 Å². The van der Waals surface area contributed by atoms with E-state index in [4.69, 9.17) is 18.9 Å². The number of ether oxygens (including phenoxy) is 4. The normalized spacial score (nSPS) is 31.5. The highest BCUT2D eigenvalue weighted by molar-refractivity contribution is 8.77. The average molecular weight is 434 g/mol. The van der Waals surface area contributed by atoms with E-state index in [9.17, 15) is 9.59 Å². The van der Waals surface area contributed by atoms with Crippen LogP contribution in [0.5, 0.6) is 0 Å². The number of hydrogen-bond donors (Lipinski definition) is 1. The summed E-state index contributed by atoms with van der Waals surface area (Å²) in [5.41, 5.74) is 0. The van der Waals surface area contributed by atoms with Gasteiger partial charge in [-0.1, -0.05) is 41.4 Å². The molecule has 0 saturated carbocycles. The van der Waals surface area contributed by atoms with Gasteiger partial charge in [0.1, 0.15) is 0 Å². The number of nitrogens with one attached hydrogen (secondary N) is 1. The summed E-state index contributed by atoms with van der Waals surface area (Å²) in [7, 11) is 3.93. The molecular formula is C19H31NO6S2. The molecule has 28 heavy (non-hydrogen) atoms. The van der Waals surface area contributed by atoms with Gasteiger partial charge in [-0.3, -0.25) is 4.79 Å². The summed E-state index contributed by atoms with van der Waals surface area (Å²) in [5, 5.41) is 3.45. The minimum absolute atomic E-state index is 0.192. The van der Waals surface area contributed by atoms with E-state index >= 15 is 0 Å². The lowest BCUT2D eigenvalue weighted by Crippen LogP contribution is -2.30. The molecule has 0 aliphatic carbocycles. The van der Waals surface area contributed by atoms with Gasteiger partial charge in [0, 0.05) is 36.8 Å². The van der Waals surface area contributed by atoms with Crippen molar-refractivity contribution < 1.29 is 28.5 Å². The summed E-state index contributed by atoms with van der Waals surface area (Å²) in [5.74, 6) is 1.04. The van der Waals surface area contributed by atoms with Crippen molar-refractivity contribution in [3.05, 3.63) is 0 Å². The molecule has 0 aromatic rings. The van der Waals surface area contributed by atoms with E-state index in [1.807, 2.05) is 21.6 Å². The Morgan fingerprint density at radius 2 is 1.82 bits per heavy atom. The van der Waals surface area contributed by atoms with Gasteiger partial charge >= 0.3 is 12.1 Å². The SMILES string of the molecule is CCCCNC(=O)O[C@@H]1C[C@H]2O[C@@H](OC(=O)CCCCC3CCSS3)C[C@H]2O1. The van der Waals surface area contributed by atoms with Gasteiger partial charge < -0.3 is 24.3 Å². The highest BCUT2D eigenvalue weighted by Gasteiger charge is 2.46. The molecule has 3 aliphatic rings. The third-order valence-corrected chi connectivity index (χ3v) is 8.11. The van der Waals surface area contributed by atoms with Crippen LogP contribution in [0.25, 0.3) is 0 Å². The quantitative estimate of drug-likeness (QED) is 0.314. The molecule has 3 fully saturated rings. The van der Waals surface area contributed by atoms with Crippen molar-refractivity contribution in [2.24, 2.45) is 0 Å². The zero-order valence-corrected chi connectivity index (χ0v) is 18.1. The van der Waals surface area contributed by atoms with E-state index in [0.717, 1.165) is 30.9 Å². The van der Waals surface area contributed by atoms with Crippen molar-refractivity contribution >= 4 is 33.7 Å². The molecule has 3 heterocycles. The van der Waals surface area contributed by atoms with Gasteiger partial charge in [0.15, 0.2) is 0 Å². The molecule has 0 radical (unpaired) electrons. The Morgan fingerprint density at radius 1 is 1.07 bits per heavy atom. The lowest BCUT2D eigenvalue weighted by atomic mass is 10.1. The molecule has 0 spiro atoms. The van der Waals surface area contributed by atoms with E-state index in [-0.39, 0.29) is 18.2 Å². The minimum atomic E-state index is -0.597. The average Bonchev–Trinajstić information content (AvgIpc) is 3.36. The molecule has 7 nitrogen and oxygen atoms in total. The van der Waals surface area contributed by atoms with Gasteiger partial charge in [0.2, 0.25) is 12.6 Å². The smallest absolute Gasteiger partial charge is 0.409 e. The van der Waals surface area contributed by atoms with Crippen LogP contribution in [0.4, 0.5) is 4.79 Å². The fraction of sp³-hybridized carbons (Fsp3) is 0.895. The molecule has 0 aromatic heterocycles. The highest BCUT2D eigenvalue weighted by atomic mass is 33.1. The zero-order valence-electron chi connectivity index (χ0n) is 16.4. The van der Waals surface area contributed by atoms with Crippen LogP contribution in [0.1, 0.15) is 64.7 Å². The number of hydrogen-bond acceptors (Lipinski definition) is 8. The Labute approximate surface area is 174 Å². The van der Waals surface area contributed by atoms with Crippen LogP contribution in [-0.4, -0.2) is 54.4 Å². The Bertz CT molecular complexity index is 503. The number of carbonyl (C=O) groups is 2. The van der Waals surface area contributed by atoms with Crippen LogP contribution in [0.15, 0.2) is 0 Å². The largest absolute Gasteiger partial charge is 0.436 e. The Balaban J connectivity index is 1.25. The Hall–Kier alpha value is -0.640. The number of rotatable bonds is 10. The molecule has 3 saturated heterocycles. The fourth-order valence-corrected chi connectivity index (χ4v) is 6.59. The molecule has 1 unspecified atom stereocenters. The molecule has 0 bridgehead atoms. The number of fused-ring (bicyclic) bond motifs is 1. The van der Waals surface area contributed by atoms with E-state index in [2.05, 4.69) is 12.2 Å². The van der Waals surface area contributed by atoms with Crippen LogP contribution in [-0.2, 0) is 23.7 Å². The van der Waals surface area contributed by atoms with E-state index in [1.165, 1.54) is 18.6 Å². The molecule has 1 amide bonds. The first-order valence-corrected chi connectivity index (χ1v) is 12.8. The van der Waals surface area contributed by atoms with Crippen molar-refractivity contribution in [3.8, 4) is 0 Å². The molecule has 0 aromatic carbocycles. The maximum atomic E-state index is 12.0. The minimum Gasteiger partial charge on any atom is -0.436 e. The molecule has 9 heteroatoms. The summed E-state index contributed by atoms with van der Waals surface area (Å²) in [6.07, 6.45) is 5.71.